The minimum Gasteiger partial charge on any atom is -0.300 e. The molecule has 1 unspecified atom stereocenters. The number of thiazole rings is 1. The fraction of sp³-hybridized carbons (Fsp3) is 0.538. The Morgan fingerprint density at radius 1 is 1.57 bits per heavy atom. The van der Waals surface area contributed by atoms with Crippen molar-refractivity contribution >= 4 is 34.2 Å². The lowest BCUT2D eigenvalue weighted by Crippen LogP contribution is -2.50. The average Bonchev–Trinajstić information content (AvgIpc) is 2.87. The Kier molecular flexibility index (Phi) is 5.03. The number of aromatic nitrogens is 1. The third-order valence-corrected chi connectivity index (χ3v) is 4.15. The van der Waals surface area contributed by atoms with Crippen LogP contribution in [0.4, 0.5) is 5.13 Å². The topological polar surface area (TPSA) is 91.4 Å². The van der Waals surface area contributed by atoms with Gasteiger partial charge in [0, 0.05) is 31.8 Å². The monoisotopic (exact) mass is 310 g/mol. The maximum Gasteiger partial charge on any atom is 0.243 e. The van der Waals surface area contributed by atoms with Crippen molar-refractivity contribution in [2.45, 2.75) is 39.3 Å². The van der Waals surface area contributed by atoms with Crippen molar-refractivity contribution in [2.75, 3.05) is 11.4 Å². The van der Waals surface area contributed by atoms with Crippen molar-refractivity contribution < 1.29 is 14.4 Å². The Hall–Kier alpha value is -1.80. The van der Waals surface area contributed by atoms with Crippen LogP contribution in [0, 0.1) is 0 Å². The largest absolute Gasteiger partial charge is 0.300 e. The molecule has 1 fully saturated rings. The van der Waals surface area contributed by atoms with Crippen molar-refractivity contribution in [1.82, 2.24) is 15.6 Å². The van der Waals surface area contributed by atoms with Crippen LogP contribution >= 0.6 is 11.3 Å². The first-order chi connectivity index (χ1) is 10.0. The number of piperidine rings is 1. The third kappa shape index (κ3) is 3.85. The smallest absolute Gasteiger partial charge is 0.243 e. The van der Waals surface area contributed by atoms with E-state index < -0.39 is 0 Å². The van der Waals surface area contributed by atoms with Gasteiger partial charge in [0.15, 0.2) is 5.13 Å². The molecule has 3 amide bonds. The molecule has 21 heavy (non-hydrogen) atoms. The Morgan fingerprint density at radius 2 is 2.33 bits per heavy atom. The average molecular weight is 310 g/mol. The highest BCUT2D eigenvalue weighted by molar-refractivity contribution is 7.14. The molecule has 2 N–H and O–H groups in total. The van der Waals surface area contributed by atoms with Gasteiger partial charge in [-0.15, -0.1) is 11.3 Å². The van der Waals surface area contributed by atoms with E-state index in [9.17, 15) is 14.4 Å². The summed E-state index contributed by atoms with van der Waals surface area (Å²) >= 11 is 1.40. The minimum atomic E-state index is -0.372. The molecule has 0 spiro atoms. The van der Waals surface area contributed by atoms with Gasteiger partial charge < -0.3 is 5.32 Å². The fourth-order valence-corrected chi connectivity index (χ4v) is 3.04. The van der Waals surface area contributed by atoms with Crippen LogP contribution in [0.1, 0.15) is 32.4 Å². The van der Waals surface area contributed by atoms with Crippen LogP contribution in [0.25, 0.3) is 0 Å². The van der Waals surface area contributed by atoms with E-state index in [1.54, 1.807) is 4.90 Å². The van der Waals surface area contributed by atoms with Crippen LogP contribution < -0.4 is 15.5 Å². The summed E-state index contributed by atoms with van der Waals surface area (Å²) in [6.45, 7) is 4.40. The minimum absolute atomic E-state index is 0.0449. The van der Waals surface area contributed by atoms with E-state index >= 15 is 0 Å². The SMILES string of the molecule is CCN(C(C)=O)c1nc(CNC2CCC(=O)NC2=O)cs1. The van der Waals surface area contributed by atoms with E-state index in [1.165, 1.54) is 18.3 Å². The maximum atomic E-state index is 11.6. The first kappa shape index (κ1) is 15.6. The van der Waals surface area contributed by atoms with Crippen molar-refractivity contribution in [1.29, 1.82) is 0 Å². The number of imide groups is 1. The molecule has 0 aromatic carbocycles. The van der Waals surface area contributed by atoms with E-state index in [4.69, 9.17) is 0 Å². The number of hydrogen-bond acceptors (Lipinski definition) is 6. The second-order valence-corrected chi connectivity index (χ2v) is 5.61. The zero-order chi connectivity index (χ0) is 15.4. The highest BCUT2D eigenvalue weighted by Gasteiger charge is 2.26. The Labute approximate surface area is 126 Å². The number of hydrogen-bond donors (Lipinski definition) is 2. The maximum absolute atomic E-state index is 11.6. The van der Waals surface area contributed by atoms with Crippen molar-refractivity contribution in [3.63, 3.8) is 0 Å². The molecule has 7 nitrogen and oxygen atoms in total. The lowest BCUT2D eigenvalue weighted by molar-refractivity contribution is -0.134. The molecule has 2 rings (SSSR count). The molecule has 8 heteroatoms. The summed E-state index contributed by atoms with van der Waals surface area (Å²) in [6.07, 6.45) is 0.843. The zero-order valence-corrected chi connectivity index (χ0v) is 12.8. The molecule has 1 atom stereocenters. The molecule has 2 heterocycles. The van der Waals surface area contributed by atoms with Gasteiger partial charge in [0.2, 0.25) is 17.7 Å². The number of nitrogens with one attached hydrogen (secondary N) is 2. The second kappa shape index (κ2) is 6.77. The molecule has 0 aliphatic carbocycles. The second-order valence-electron chi connectivity index (χ2n) is 4.77. The van der Waals surface area contributed by atoms with E-state index in [2.05, 4.69) is 15.6 Å². The van der Waals surface area contributed by atoms with Crippen LogP contribution in [0.15, 0.2) is 5.38 Å². The summed E-state index contributed by atoms with van der Waals surface area (Å²) in [7, 11) is 0. The van der Waals surface area contributed by atoms with Crippen molar-refractivity contribution in [3.05, 3.63) is 11.1 Å². The molecule has 0 bridgehead atoms. The number of rotatable bonds is 5. The first-order valence-electron chi connectivity index (χ1n) is 6.80. The molecular formula is C13H18N4O3S. The van der Waals surface area contributed by atoms with Gasteiger partial charge in [-0.1, -0.05) is 0 Å². The number of anilines is 1. The van der Waals surface area contributed by atoms with Crippen LogP contribution in [0.5, 0.6) is 0 Å². The normalized spacial score (nSPS) is 18.5. The molecule has 1 aromatic rings. The van der Waals surface area contributed by atoms with E-state index in [0.29, 0.717) is 31.1 Å². The van der Waals surface area contributed by atoms with Gasteiger partial charge in [0.05, 0.1) is 11.7 Å². The Balaban J connectivity index is 1.92. The molecular weight excluding hydrogens is 292 g/mol. The van der Waals surface area contributed by atoms with Gasteiger partial charge in [-0.05, 0) is 13.3 Å². The number of carbonyl (C=O) groups excluding carboxylic acids is 3. The molecule has 1 saturated heterocycles. The predicted molar refractivity (Wildman–Crippen MR) is 78.8 cm³/mol. The molecule has 0 radical (unpaired) electrons. The standard InChI is InChI=1S/C13H18N4O3S/c1-3-17(8(2)18)13-15-9(7-21-13)6-14-10-4-5-11(19)16-12(10)20/h7,10,14H,3-6H2,1-2H3,(H,16,19,20). The van der Waals surface area contributed by atoms with Gasteiger partial charge in [0.25, 0.3) is 0 Å². The quantitative estimate of drug-likeness (QED) is 0.769. The summed E-state index contributed by atoms with van der Waals surface area (Å²) in [5, 5.41) is 7.90. The summed E-state index contributed by atoms with van der Waals surface area (Å²) in [5.41, 5.74) is 0.777. The Morgan fingerprint density at radius 3 is 2.95 bits per heavy atom. The van der Waals surface area contributed by atoms with Gasteiger partial charge in [0.1, 0.15) is 0 Å². The van der Waals surface area contributed by atoms with Gasteiger partial charge >= 0.3 is 0 Å². The fourth-order valence-electron chi connectivity index (χ4n) is 2.11. The Bertz CT molecular complexity index is 557. The molecule has 1 aromatic heterocycles. The zero-order valence-electron chi connectivity index (χ0n) is 12.0. The summed E-state index contributed by atoms with van der Waals surface area (Å²) in [6, 6.07) is -0.372. The van der Waals surface area contributed by atoms with Gasteiger partial charge in [-0.25, -0.2) is 4.98 Å². The van der Waals surface area contributed by atoms with Gasteiger partial charge in [-0.2, -0.15) is 0 Å². The van der Waals surface area contributed by atoms with E-state index in [0.717, 1.165) is 5.69 Å². The highest BCUT2D eigenvalue weighted by atomic mass is 32.1. The van der Waals surface area contributed by atoms with E-state index in [1.807, 2.05) is 12.3 Å². The van der Waals surface area contributed by atoms with Crippen LogP contribution in [-0.4, -0.2) is 35.3 Å². The first-order valence-corrected chi connectivity index (χ1v) is 7.68. The van der Waals surface area contributed by atoms with E-state index in [-0.39, 0.29) is 23.8 Å². The lowest BCUT2D eigenvalue weighted by Gasteiger charge is -2.21. The molecule has 1 aliphatic rings. The van der Waals surface area contributed by atoms with Crippen molar-refractivity contribution in [3.8, 4) is 0 Å². The van der Waals surface area contributed by atoms with Crippen LogP contribution in [-0.2, 0) is 20.9 Å². The third-order valence-electron chi connectivity index (χ3n) is 3.24. The highest BCUT2D eigenvalue weighted by Crippen LogP contribution is 2.20. The lowest BCUT2D eigenvalue weighted by atomic mass is 10.1. The summed E-state index contributed by atoms with van der Waals surface area (Å²) in [5.74, 6) is -0.564. The number of amides is 3. The number of nitrogens with zero attached hydrogens (tertiary/aromatic N) is 2. The van der Waals surface area contributed by atoms with Gasteiger partial charge in [-0.3, -0.25) is 24.6 Å². The number of carbonyl (C=O) groups is 3. The summed E-state index contributed by atoms with van der Waals surface area (Å²) < 4.78 is 0. The molecule has 0 saturated carbocycles. The van der Waals surface area contributed by atoms with Crippen molar-refractivity contribution in [2.24, 2.45) is 0 Å². The predicted octanol–water partition coefficient (Wildman–Crippen LogP) is 0.411. The van der Waals surface area contributed by atoms with Crippen LogP contribution in [0.3, 0.4) is 0 Å². The summed E-state index contributed by atoms with van der Waals surface area (Å²) in [4.78, 5) is 40.1. The molecule has 114 valence electrons. The molecule has 1 aliphatic heterocycles. The van der Waals surface area contributed by atoms with Crippen LogP contribution in [0.2, 0.25) is 0 Å².